The number of aromatic nitrogens is 1. The fourth-order valence-corrected chi connectivity index (χ4v) is 2.21. The van der Waals surface area contributed by atoms with Crippen molar-refractivity contribution >= 4 is 5.78 Å². The lowest BCUT2D eigenvalue weighted by atomic mass is 10.0. The standard InChI is InChI=1S/C16H17F2NO/c1-10(2)7-12-8-11(9-19(12)3)16(20)15-13(17)5-4-6-14(15)18/h4-6,8-10H,7H2,1-3H3. The lowest BCUT2D eigenvalue weighted by Crippen LogP contribution is -2.06. The third kappa shape index (κ3) is 2.79. The Morgan fingerprint density at radius 2 is 1.85 bits per heavy atom. The molecule has 0 aliphatic heterocycles. The molecule has 0 aliphatic carbocycles. The summed E-state index contributed by atoms with van der Waals surface area (Å²) in [6, 6.07) is 5.13. The first kappa shape index (κ1) is 14.4. The van der Waals surface area contributed by atoms with Crippen molar-refractivity contribution in [3.8, 4) is 0 Å². The average Bonchev–Trinajstić information content (AvgIpc) is 2.70. The number of carbonyl (C=O) groups is 1. The summed E-state index contributed by atoms with van der Waals surface area (Å²) in [5.74, 6) is -1.84. The molecule has 0 saturated heterocycles. The van der Waals surface area contributed by atoms with E-state index in [1.165, 1.54) is 6.07 Å². The van der Waals surface area contributed by atoms with Crippen molar-refractivity contribution in [2.75, 3.05) is 0 Å². The van der Waals surface area contributed by atoms with Gasteiger partial charge in [0, 0.05) is 24.5 Å². The van der Waals surface area contributed by atoms with Crippen LogP contribution in [-0.2, 0) is 13.5 Å². The summed E-state index contributed by atoms with van der Waals surface area (Å²) in [6.07, 6.45) is 2.43. The Labute approximate surface area is 117 Å². The Kier molecular flexibility index (Phi) is 4.02. The van der Waals surface area contributed by atoms with Gasteiger partial charge in [-0.2, -0.15) is 0 Å². The van der Waals surface area contributed by atoms with Crippen LogP contribution in [0, 0.1) is 17.6 Å². The number of benzene rings is 1. The quantitative estimate of drug-likeness (QED) is 0.780. The predicted octanol–water partition coefficient (Wildman–Crippen LogP) is 3.73. The Balaban J connectivity index is 2.39. The van der Waals surface area contributed by atoms with Gasteiger partial charge in [0.2, 0.25) is 0 Å². The second-order valence-electron chi connectivity index (χ2n) is 5.35. The molecule has 4 heteroatoms. The highest BCUT2D eigenvalue weighted by Crippen LogP contribution is 2.19. The number of aryl methyl sites for hydroxylation is 1. The van der Waals surface area contributed by atoms with Crippen LogP contribution in [0.1, 0.15) is 35.5 Å². The maximum absolute atomic E-state index is 13.6. The fraction of sp³-hybridized carbons (Fsp3) is 0.312. The Morgan fingerprint density at radius 3 is 2.40 bits per heavy atom. The van der Waals surface area contributed by atoms with Gasteiger partial charge in [-0.1, -0.05) is 19.9 Å². The molecular weight excluding hydrogens is 260 g/mol. The highest BCUT2D eigenvalue weighted by atomic mass is 19.1. The number of carbonyl (C=O) groups excluding carboxylic acids is 1. The van der Waals surface area contributed by atoms with E-state index in [4.69, 9.17) is 0 Å². The molecule has 1 aromatic heterocycles. The maximum Gasteiger partial charge on any atom is 0.200 e. The zero-order valence-corrected chi connectivity index (χ0v) is 11.8. The van der Waals surface area contributed by atoms with Crippen LogP contribution in [0.4, 0.5) is 8.78 Å². The van der Waals surface area contributed by atoms with Gasteiger partial charge in [0.05, 0.1) is 5.56 Å². The number of hydrogen-bond donors (Lipinski definition) is 0. The minimum atomic E-state index is -0.829. The van der Waals surface area contributed by atoms with E-state index in [-0.39, 0.29) is 0 Å². The largest absolute Gasteiger partial charge is 0.354 e. The number of nitrogens with zero attached hydrogens (tertiary/aromatic N) is 1. The minimum absolute atomic E-state index is 0.312. The molecule has 2 rings (SSSR count). The van der Waals surface area contributed by atoms with Crippen LogP contribution >= 0.6 is 0 Å². The van der Waals surface area contributed by atoms with Crippen molar-refractivity contribution in [3.63, 3.8) is 0 Å². The minimum Gasteiger partial charge on any atom is -0.354 e. The molecule has 2 nitrogen and oxygen atoms in total. The van der Waals surface area contributed by atoms with Crippen molar-refractivity contribution < 1.29 is 13.6 Å². The molecule has 0 unspecified atom stereocenters. The summed E-state index contributed by atoms with van der Waals surface area (Å²) in [6.45, 7) is 4.15. The zero-order chi connectivity index (χ0) is 14.9. The molecule has 0 amide bonds. The molecule has 1 aromatic carbocycles. The second-order valence-corrected chi connectivity index (χ2v) is 5.35. The molecule has 0 bridgehead atoms. The van der Waals surface area contributed by atoms with Gasteiger partial charge < -0.3 is 4.57 Å². The molecule has 0 saturated carbocycles. The maximum atomic E-state index is 13.6. The topological polar surface area (TPSA) is 22.0 Å². The molecule has 20 heavy (non-hydrogen) atoms. The molecule has 1 heterocycles. The van der Waals surface area contributed by atoms with E-state index in [9.17, 15) is 13.6 Å². The van der Waals surface area contributed by atoms with E-state index in [2.05, 4.69) is 13.8 Å². The van der Waals surface area contributed by atoms with Crippen LogP contribution in [0.5, 0.6) is 0 Å². The molecule has 2 aromatic rings. The third-order valence-corrected chi connectivity index (χ3v) is 3.18. The molecule has 0 aliphatic rings. The van der Waals surface area contributed by atoms with E-state index >= 15 is 0 Å². The third-order valence-electron chi connectivity index (χ3n) is 3.18. The van der Waals surface area contributed by atoms with Gasteiger partial charge in [0.15, 0.2) is 5.78 Å². The van der Waals surface area contributed by atoms with E-state index in [0.717, 1.165) is 24.2 Å². The van der Waals surface area contributed by atoms with E-state index in [1.807, 2.05) is 11.6 Å². The summed E-state index contributed by atoms with van der Waals surface area (Å²) in [7, 11) is 1.83. The second kappa shape index (κ2) is 5.57. The molecule has 0 fully saturated rings. The van der Waals surface area contributed by atoms with Crippen LogP contribution < -0.4 is 0 Å². The molecule has 106 valence electrons. The van der Waals surface area contributed by atoms with Gasteiger partial charge in [-0.25, -0.2) is 8.78 Å². The van der Waals surface area contributed by atoms with Gasteiger partial charge in [0.25, 0.3) is 0 Å². The van der Waals surface area contributed by atoms with Crippen LogP contribution in [0.25, 0.3) is 0 Å². The van der Waals surface area contributed by atoms with Gasteiger partial charge >= 0.3 is 0 Å². The van der Waals surface area contributed by atoms with Crippen molar-refractivity contribution in [1.29, 1.82) is 0 Å². The van der Waals surface area contributed by atoms with Crippen LogP contribution in [-0.4, -0.2) is 10.4 Å². The van der Waals surface area contributed by atoms with Gasteiger partial charge in [-0.05, 0) is 30.5 Å². The molecule has 0 atom stereocenters. The molecule has 0 spiro atoms. The van der Waals surface area contributed by atoms with Crippen LogP contribution in [0.15, 0.2) is 30.5 Å². The monoisotopic (exact) mass is 277 g/mol. The predicted molar refractivity (Wildman–Crippen MR) is 73.7 cm³/mol. The summed E-state index contributed by atoms with van der Waals surface area (Å²) >= 11 is 0. The van der Waals surface area contributed by atoms with E-state index in [1.54, 1.807) is 12.3 Å². The first-order valence-electron chi connectivity index (χ1n) is 6.54. The summed E-state index contributed by atoms with van der Waals surface area (Å²) in [4.78, 5) is 12.2. The van der Waals surface area contributed by atoms with Crippen LogP contribution in [0.2, 0.25) is 0 Å². The fourth-order valence-electron chi connectivity index (χ4n) is 2.21. The van der Waals surface area contributed by atoms with E-state index < -0.39 is 23.0 Å². The van der Waals surface area contributed by atoms with Gasteiger partial charge in [0.1, 0.15) is 11.6 Å². The summed E-state index contributed by atoms with van der Waals surface area (Å²) < 4.78 is 29.1. The highest BCUT2D eigenvalue weighted by Gasteiger charge is 2.20. The molecule has 0 radical (unpaired) electrons. The SMILES string of the molecule is CC(C)Cc1cc(C(=O)c2c(F)cccc2F)cn1C. The zero-order valence-electron chi connectivity index (χ0n) is 11.8. The van der Waals surface area contributed by atoms with Crippen molar-refractivity contribution in [1.82, 2.24) is 4.57 Å². The molecule has 0 N–H and O–H groups in total. The summed E-state index contributed by atoms with van der Waals surface area (Å²) in [5.41, 5.74) is 0.793. The Morgan fingerprint density at radius 1 is 1.25 bits per heavy atom. The summed E-state index contributed by atoms with van der Waals surface area (Å²) in [5, 5.41) is 0. The van der Waals surface area contributed by atoms with Crippen molar-refractivity contribution in [2.45, 2.75) is 20.3 Å². The normalized spacial score (nSPS) is 11.1. The van der Waals surface area contributed by atoms with Crippen molar-refractivity contribution in [2.24, 2.45) is 13.0 Å². The number of hydrogen-bond acceptors (Lipinski definition) is 1. The van der Waals surface area contributed by atoms with Gasteiger partial charge in [-0.3, -0.25) is 4.79 Å². The van der Waals surface area contributed by atoms with Crippen molar-refractivity contribution in [3.05, 3.63) is 58.9 Å². The lowest BCUT2D eigenvalue weighted by Gasteiger charge is -2.04. The number of ketones is 1. The average molecular weight is 277 g/mol. The molecular formula is C16H17F2NO. The lowest BCUT2D eigenvalue weighted by molar-refractivity contribution is 0.103. The Hall–Kier alpha value is -1.97. The highest BCUT2D eigenvalue weighted by molar-refractivity contribution is 6.09. The first-order chi connectivity index (χ1) is 9.40. The first-order valence-corrected chi connectivity index (χ1v) is 6.54. The Bertz CT molecular complexity index is 624. The number of halogens is 2. The van der Waals surface area contributed by atoms with Gasteiger partial charge in [-0.15, -0.1) is 0 Å². The smallest absolute Gasteiger partial charge is 0.200 e. The number of rotatable bonds is 4. The van der Waals surface area contributed by atoms with E-state index in [0.29, 0.717) is 11.5 Å². The van der Waals surface area contributed by atoms with Crippen LogP contribution in [0.3, 0.4) is 0 Å².